The maximum Gasteiger partial charge on any atom is 0.220 e. The fourth-order valence-electron chi connectivity index (χ4n) is 1.41. The van der Waals surface area contributed by atoms with Crippen molar-refractivity contribution in [3.8, 4) is 0 Å². The predicted molar refractivity (Wildman–Crippen MR) is 59.3 cm³/mol. The van der Waals surface area contributed by atoms with E-state index in [9.17, 15) is 9.90 Å². The zero-order chi connectivity index (χ0) is 11.1. The van der Waals surface area contributed by atoms with Gasteiger partial charge in [-0.05, 0) is 12.0 Å². The molecular weight excluding hydrogens is 190 g/mol. The van der Waals surface area contributed by atoms with E-state index in [2.05, 4.69) is 5.32 Å². The molecule has 0 heterocycles. The standard InChI is InChI=1S/C12H17NO2/c1-2-6-12(15)13-11(9-14)10-7-4-3-5-8-10/h3-5,7-8,11,14H,2,6,9H2,1H3,(H,13,15)/t11-/m0/s1. The van der Waals surface area contributed by atoms with Gasteiger partial charge in [-0.3, -0.25) is 4.79 Å². The summed E-state index contributed by atoms with van der Waals surface area (Å²) >= 11 is 0. The lowest BCUT2D eigenvalue weighted by Crippen LogP contribution is -2.30. The first-order valence-corrected chi connectivity index (χ1v) is 5.23. The van der Waals surface area contributed by atoms with Gasteiger partial charge in [0.15, 0.2) is 0 Å². The van der Waals surface area contributed by atoms with Crippen LogP contribution in [-0.2, 0) is 4.79 Å². The highest BCUT2D eigenvalue weighted by Crippen LogP contribution is 2.11. The van der Waals surface area contributed by atoms with Crippen molar-refractivity contribution < 1.29 is 9.90 Å². The van der Waals surface area contributed by atoms with Crippen LogP contribution in [0, 0.1) is 0 Å². The molecule has 1 rings (SSSR count). The van der Waals surface area contributed by atoms with Gasteiger partial charge in [0.25, 0.3) is 0 Å². The molecule has 3 nitrogen and oxygen atoms in total. The van der Waals surface area contributed by atoms with Gasteiger partial charge in [-0.1, -0.05) is 37.3 Å². The minimum absolute atomic E-state index is 0.0135. The molecule has 0 bridgehead atoms. The Morgan fingerprint density at radius 1 is 1.40 bits per heavy atom. The van der Waals surface area contributed by atoms with Crippen molar-refractivity contribution in [2.24, 2.45) is 0 Å². The molecule has 0 unspecified atom stereocenters. The van der Waals surface area contributed by atoms with E-state index in [4.69, 9.17) is 0 Å². The fourth-order valence-corrected chi connectivity index (χ4v) is 1.41. The Hall–Kier alpha value is -1.35. The summed E-state index contributed by atoms with van der Waals surface area (Å²) in [6.45, 7) is 1.88. The Kier molecular flexibility index (Phi) is 4.84. The van der Waals surface area contributed by atoms with Crippen molar-refractivity contribution >= 4 is 5.91 Å². The maximum absolute atomic E-state index is 11.4. The minimum atomic E-state index is -0.287. The van der Waals surface area contributed by atoms with E-state index in [0.717, 1.165) is 12.0 Å². The molecule has 0 aliphatic carbocycles. The van der Waals surface area contributed by atoms with Crippen LogP contribution in [0.15, 0.2) is 30.3 Å². The molecule has 2 N–H and O–H groups in total. The van der Waals surface area contributed by atoms with Gasteiger partial charge in [0.05, 0.1) is 12.6 Å². The fraction of sp³-hybridized carbons (Fsp3) is 0.417. The van der Waals surface area contributed by atoms with E-state index >= 15 is 0 Å². The van der Waals surface area contributed by atoms with Crippen molar-refractivity contribution in [2.45, 2.75) is 25.8 Å². The lowest BCUT2D eigenvalue weighted by molar-refractivity contribution is -0.122. The number of hydrogen-bond acceptors (Lipinski definition) is 2. The third kappa shape index (κ3) is 3.72. The van der Waals surface area contributed by atoms with E-state index in [-0.39, 0.29) is 18.6 Å². The van der Waals surface area contributed by atoms with Crippen molar-refractivity contribution in [2.75, 3.05) is 6.61 Å². The van der Waals surface area contributed by atoms with Crippen LogP contribution in [0.4, 0.5) is 0 Å². The molecule has 0 fully saturated rings. The van der Waals surface area contributed by atoms with Gasteiger partial charge in [0.1, 0.15) is 0 Å². The van der Waals surface area contributed by atoms with E-state index in [1.54, 1.807) is 0 Å². The second-order valence-corrected chi connectivity index (χ2v) is 3.46. The van der Waals surface area contributed by atoms with Crippen LogP contribution in [0.2, 0.25) is 0 Å². The number of benzene rings is 1. The predicted octanol–water partition coefficient (Wildman–Crippen LogP) is 1.64. The number of nitrogens with one attached hydrogen (secondary N) is 1. The Morgan fingerprint density at radius 3 is 2.60 bits per heavy atom. The van der Waals surface area contributed by atoms with E-state index in [1.807, 2.05) is 37.3 Å². The summed E-state index contributed by atoms with van der Waals surface area (Å²) in [6.07, 6.45) is 1.32. The van der Waals surface area contributed by atoms with Crippen molar-refractivity contribution in [3.63, 3.8) is 0 Å². The molecule has 82 valence electrons. The molecule has 0 aromatic heterocycles. The van der Waals surface area contributed by atoms with Crippen molar-refractivity contribution in [1.29, 1.82) is 0 Å². The lowest BCUT2D eigenvalue weighted by atomic mass is 10.1. The molecule has 1 atom stereocenters. The van der Waals surface area contributed by atoms with E-state index in [1.165, 1.54) is 0 Å². The summed E-state index contributed by atoms with van der Waals surface area (Å²) < 4.78 is 0. The third-order valence-electron chi connectivity index (χ3n) is 2.20. The number of carbonyl (C=O) groups excluding carboxylic acids is 1. The maximum atomic E-state index is 11.4. The summed E-state index contributed by atoms with van der Waals surface area (Å²) in [7, 11) is 0. The molecule has 3 heteroatoms. The number of aliphatic hydroxyl groups excluding tert-OH is 1. The molecular formula is C12H17NO2. The number of carbonyl (C=O) groups is 1. The molecule has 0 aliphatic rings. The number of rotatable bonds is 5. The van der Waals surface area contributed by atoms with Crippen LogP contribution >= 0.6 is 0 Å². The highest BCUT2D eigenvalue weighted by molar-refractivity contribution is 5.76. The summed E-state index contributed by atoms with van der Waals surface area (Å²) in [5.41, 5.74) is 0.935. The molecule has 0 saturated carbocycles. The summed E-state index contributed by atoms with van der Waals surface area (Å²) in [5.74, 6) is -0.0135. The first-order valence-electron chi connectivity index (χ1n) is 5.23. The quantitative estimate of drug-likeness (QED) is 0.771. The Morgan fingerprint density at radius 2 is 2.07 bits per heavy atom. The Bertz CT molecular complexity index is 298. The number of amides is 1. The van der Waals surface area contributed by atoms with Gasteiger partial charge >= 0.3 is 0 Å². The summed E-state index contributed by atoms with van der Waals surface area (Å²) in [4.78, 5) is 11.4. The smallest absolute Gasteiger partial charge is 0.220 e. The van der Waals surface area contributed by atoms with Crippen LogP contribution < -0.4 is 5.32 Å². The summed E-state index contributed by atoms with van der Waals surface area (Å²) in [5, 5.41) is 12.0. The first kappa shape index (κ1) is 11.7. The van der Waals surface area contributed by atoms with Crippen LogP contribution in [0.5, 0.6) is 0 Å². The highest BCUT2D eigenvalue weighted by atomic mass is 16.3. The van der Waals surface area contributed by atoms with E-state index in [0.29, 0.717) is 6.42 Å². The molecule has 0 radical (unpaired) electrons. The van der Waals surface area contributed by atoms with Crippen LogP contribution in [-0.4, -0.2) is 17.6 Å². The molecule has 15 heavy (non-hydrogen) atoms. The Balaban J connectivity index is 2.61. The monoisotopic (exact) mass is 207 g/mol. The number of hydrogen-bond donors (Lipinski definition) is 2. The third-order valence-corrected chi connectivity index (χ3v) is 2.20. The molecule has 1 aromatic rings. The van der Waals surface area contributed by atoms with Gasteiger partial charge in [-0.2, -0.15) is 0 Å². The molecule has 0 aliphatic heterocycles. The van der Waals surface area contributed by atoms with E-state index < -0.39 is 0 Å². The molecule has 1 aromatic carbocycles. The van der Waals surface area contributed by atoms with Gasteiger partial charge in [0.2, 0.25) is 5.91 Å². The molecule has 0 saturated heterocycles. The minimum Gasteiger partial charge on any atom is -0.394 e. The topological polar surface area (TPSA) is 49.3 Å². The van der Waals surface area contributed by atoms with Crippen LogP contribution in [0.3, 0.4) is 0 Å². The second kappa shape index (κ2) is 6.19. The molecule has 0 spiro atoms. The van der Waals surface area contributed by atoms with Gasteiger partial charge in [0, 0.05) is 6.42 Å². The SMILES string of the molecule is CCCC(=O)N[C@@H](CO)c1ccccc1. The number of aliphatic hydroxyl groups is 1. The molecule has 1 amide bonds. The first-order chi connectivity index (χ1) is 7.27. The highest BCUT2D eigenvalue weighted by Gasteiger charge is 2.11. The van der Waals surface area contributed by atoms with Gasteiger partial charge in [-0.15, -0.1) is 0 Å². The normalized spacial score (nSPS) is 12.1. The average molecular weight is 207 g/mol. The average Bonchev–Trinajstić information content (AvgIpc) is 2.27. The zero-order valence-electron chi connectivity index (χ0n) is 8.94. The lowest BCUT2D eigenvalue weighted by Gasteiger charge is -2.16. The Labute approximate surface area is 90.1 Å². The van der Waals surface area contributed by atoms with Crippen LogP contribution in [0.25, 0.3) is 0 Å². The van der Waals surface area contributed by atoms with Crippen molar-refractivity contribution in [1.82, 2.24) is 5.32 Å². The second-order valence-electron chi connectivity index (χ2n) is 3.46. The van der Waals surface area contributed by atoms with Crippen LogP contribution in [0.1, 0.15) is 31.4 Å². The van der Waals surface area contributed by atoms with Gasteiger partial charge in [-0.25, -0.2) is 0 Å². The van der Waals surface area contributed by atoms with Crippen molar-refractivity contribution in [3.05, 3.63) is 35.9 Å². The van der Waals surface area contributed by atoms with Gasteiger partial charge < -0.3 is 10.4 Å². The largest absolute Gasteiger partial charge is 0.394 e. The summed E-state index contributed by atoms with van der Waals surface area (Å²) in [6, 6.07) is 9.20. The zero-order valence-corrected chi connectivity index (χ0v) is 8.94.